The van der Waals surface area contributed by atoms with Crippen LogP contribution < -0.4 is 19.5 Å². The van der Waals surface area contributed by atoms with E-state index in [0.717, 1.165) is 25.2 Å². The highest BCUT2D eigenvalue weighted by atomic mass is 16.5. The van der Waals surface area contributed by atoms with E-state index in [0.29, 0.717) is 24.5 Å². The lowest BCUT2D eigenvalue weighted by Crippen LogP contribution is -3.12. The summed E-state index contributed by atoms with van der Waals surface area (Å²) in [6.45, 7) is 8.06. The van der Waals surface area contributed by atoms with Gasteiger partial charge in [-0.2, -0.15) is 0 Å². The van der Waals surface area contributed by atoms with Crippen LogP contribution in [0.5, 0.6) is 11.5 Å². The number of carbonyl (C=O) groups is 1. The fraction of sp³-hybridized carbons (Fsp3) is 0.562. The zero-order valence-electron chi connectivity index (χ0n) is 13.1. The maximum Gasteiger partial charge on any atom is 0.161 e. The molecule has 1 aromatic carbocycles. The van der Waals surface area contributed by atoms with E-state index in [1.165, 1.54) is 4.90 Å². The Balaban J connectivity index is 2.59. The van der Waals surface area contributed by atoms with E-state index in [1.54, 1.807) is 7.11 Å². The summed E-state index contributed by atoms with van der Waals surface area (Å²) in [5, 5.41) is 10.5. The van der Waals surface area contributed by atoms with Crippen molar-refractivity contribution in [2.75, 3.05) is 33.4 Å². The fourth-order valence-corrected chi connectivity index (χ4v) is 2.14. The first-order valence-corrected chi connectivity index (χ1v) is 7.43. The van der Waals surface area contributed by atoms with Gasteiger partial charge in [-0.1, -0.05) is 6.07 Å². The molecule has 1 aromatic rings. The molecule has 0 saturated heterocycles. The van der Waals surface area contributed by atoms with Crippen LogP contribution in [0.25, 0.3) is 0 Å². The largest absolute Gasteiger partial charge is 0.550 e. The summed E-state index contributed by atoms with van der Waals surface area (Å²) in [6, 6.07) is 5.52. The lowest BCUT2D eigenvalue weighted by atomic mass is 10.1. The van der Waals surface area contributed by atoms with Crippen molar-refractivity contribution in [1.29, 1.82) is 0 Å². The molecule has 5 heteroatoms. The van der Waals surface area contributed by atoms with E-state index in [2.05, 4.69) is 13.8 Å². The van der Waals surface area contributed by atoms with Gasteiger partial charge in [-0.3, -0.25) is 0 Å². The van der Waals surface area contributed by atoms with Gasteiger partial charge in [0.15, 0.2) is 11.5 Å². The van der Waals surface area contributed by atoms with Crippen LogP contribution in [0.2, 0.25) is 0 Å². The third-order valence-electron chi connectivity index (χ3n) is 3.56. The SMILES string of the molecule is CC[NH+](CC)CCOc1ccc(CCC(=O)[O-])cc1OC. The first-order chi connectivity index (χ1) is 10.1. The smallest absolute Gasteiger partial charge is 0.161 e. The molecule has 0 heterocycles. The van der Waals surface area contributed by atoms with Crippen LogP contribution in [0.1, 0.15) is 25.8 Å². The first kappa shape index (κ1) is 17.3. The molecule has 1 rings (SSSR count). The van der Waals surface area contributed by atoms with Crippen molar-refractivity contribution in [3.63, 3.8) is 0 Å². The summed E-state index contributed by atoms with van der Waals surface area (Å²) >= 11 is 0. The second kappa shape index (κ2) is 9.23. The highest BCUT2D eigenvalue weighted by Gasteiger charge is 2.08. The normalized spacial score (nSPS) is 10.7. The third kappa shape index (κ3) is 6.04. The van der Waals surface area contributed by atoms with Gasteiger partial charge in [0.25, 0.3) is 0 Å². The van der Waals surface area contributed by atoms with Gasteiger partial charge in [0.1, 0.15) is 13.2 Å². The van der Waals surface area contributed by atoms with Gasteiger partial charge >= 0.3 is 0 Å². The number of quaternary nitrogens is 1. The average molecular weight is 295 g/mol. The number of aryl methyl sites for hydroxylation is 1. The number of carbonyl (C=O) groups excluding carboxylic acids is 1. The highest BCUT2D eigenvalue weighted by molar-refractivity contribution is 5.64. The number of likely N-dealkylation sites (N-methyl/N-ethyl adjacent to an activating group) is 1. The molecule has 0 spiro atoms. The number of nitrogens with one attached hydrogen (secondary N) is 1. The van der Waals surface area contributed by atoms with Crippen LogP contribution in [-0.4, -0.2) is 39.3 Å². The molecule has 0 radical (unpaired) electrons. The van der Waals surface area contributed by atoms with Gasteiger partial charge in [0, 0.05) is 5.97 Å². The average Bonchev–Trinajstić information content (AvgIpc) is 2.50. The van der Waals surface area contributed by atoms with Crippen LogP contribution in [0.15, 0.2) is 18.2 Å². The van der Waals surface area contributed by atoms with Crippen LogP contribution in [0, 0.1) is 0 Å². The molecule has 21 heavy (non-hydrogen) atoms. The number of hydrogen-bond acceptors (Lipinski definition) is 4. The molecule has 1 N–H and O–H groups in total. The van der Waals surface area contributed by atoms with E-state index in [1.807, 2.05) is 18.2 Å². The molecule has 0 saturated carbocycles. The number of carboxylic acids is 1. The molecule has 0 amide bonds. The molecular formula is C16H25NO4. The predicted molar refractivity (Wildman–Crippen MR) is 78.7 cm³/mol. The van der Waals surface area contributed by atoms with Crippen molar-refractivity contribution in [3.05, 3.63) is 23.8 Å². The number of aliphatic carboxylic acids is 1. The third-order valence-corrected chi connectivity index (χ3v) is 3.56. The Bertz CT molecular complexity index is 444. The maximum atomic E-state index is 10.5. The van der Waals surface area contributed by atoms with E-state index in [-0.39, 0.29) is 6.42 Å². The molecule has 0 atom stereocenters. The number of hydrogen-bond donors (Lipinski definition) is 1. The minimum atomic E-state index is -1.04. The minimum Gasteiger partial charge on any atom is -0.550 e. The molecule has 0 aliphatic rings. The van der Waals surface area contributed by atoms with Crippen molar-refractivity contribution in [1.82, 2.24) is 0 Å². The molecular weight excluding hydrogens is 270 g/mol. The van der Waals surface area contributed by atoms with E-state index in [4.69, 9.17) is 9.47 Å². The minimum absolute atomic E-state index is 0.00861. The monoisotopic (exact) mass is 295 g/mol. The number of benzene rings is 1. The van der Waals surface area contributed by atoms with Gasteiger partial charge in [-0.05, 0) is 44.4 Å². The van der Waals surface area contributed by atoms with Crippen molar-refractivity contribution in [3.8, 4) is 11.5 Å². The summed E-state index contributed by atoms with van der Waals surface area (Å²) in [6.07, 6.45) is 0.442. The standard InChI is InChI=1S/C16H25NO4/c1-4-17(5-2)10-11-21-14-8-6-13(7-9-16(18)19)12-15(14)20-3/h6,8,12H,4-5,7,9-11H2,1-3H3,(H,18,19). The quantitative estimate of drug-likeness (QED) is 0.643. The van der Waals surface area contributed by atoms with Crippen LogP contribution >= 0.6 is 0 Å². The zero-order chi connectivity index (χ0) is 15.7. The van der Waals surface area contributed by atoms with Crippen LogP contribution in [0.3, 0.4) is 0 Å². The lowest BCUT2D eigenvalue weighted by molar-refractivity contribution is -0.896. The Labute approximate surface area is 126 Å². The Morgan fingerprint density at radius 2 is 1.95 bits per heavy atom. The first-order valence-electron chi connectivity index (χ1n) is 7.43. The summed E-state index contributed by atoms with van der Waals surface area (Å²) in [4.78, 5) is 12.0. The Kier molecular flexibility index (Phi) is 7.61. The van der Waals surface area contributed by atoms with Crippen molar-refractivity contribution in [2.45, 2.75) is 26.7 Å². The summed E-state index contributed by atoms with van der Waals surface area (Å²) in [5.74, 6) is 0.290. The second-order valence-corrected chi connectivity index (χ2v) is 4.91. The fourth-order valence-electron chi connectivity index (χ4n) is 2.14. The molecule has 118 valence electrons. The Morgan fingerprint density at radius 1 is 1.24 bits per heavy atom. The molecule has 0 aliphatic carbocycles. The van der Waals surface area contributed by atoms with Crippen LogP contribution in [0.4, 0.5) is 0 Å². The van der Waals surface area contributed by atoms with Crippen molar-refractivity contribution in [2.24, 2.45) is 0 Å². The van der Waals surface area contributed by atoms with Gasteiger partial charge < -0.3 is 24.3 Å². The summed E-state index contributed by atoms with van der Waals surface area (Å²) < 4.78 is 11.1. The van der Waals surface area contributed by atoms with Gasteiger partial charge in [-0.15, -0.1) is 0 Å². The van der Waals surface area contributed by atoms with Gasteiger partial charge in [-0.25, -0.2) is 0 Å². The molecule has 0 fully saturated rings. The van der Waals surface area contributed by atoms with E-state index >= 15 is 0 Å². The Morgan fingerprint density at radius 3 is 2.52 bits per heavy atom. The Hall–Kier alpha value is -1.75. The van der Waals surface area contributed by atoms with Gasteiger partial charge in [0.05, 0.1) is 20.2 Å². The van der Waals surface area contributed by atoms with Crippen LogP contribution in [-0.2, 0) is 11.2 Å². The van der Waals surface area contributed by atoms with E-state index in [9.17, 15) is 9.90 Å². The molecule has 0 bridgehead atoms. The summed E-state index contributed by atoms with van der Waals surface area (Å²) in [7, 11) is 1.58. The summed E-state index contributed by atoms with van der Waals surface area (Å²) in [5.41, 5.74) is 0.901. The topological polar surface area (TPSA) is 63.0 Å². The lowest BCUT2D eigenvalue weighted by Gasteiger charge is -2.17. The molecule has 0 aliphatic heterocycles. The predicted octanol–water partition coefficient (Wildman–Crippen LogP) is -0.319. The van der Waals surface area contributed by atoms with Crippen molar-refractivity contribution >= 4 is 5.97 Å². The molecule has 0 unspecified atom stereocenters. The number of carboxylic acid groups (broad SMARTS) is 1. The highest BCUT2D eigenvalue weighted by Crippen LogP contribution is 2.28. The molecule has 5 nitrogen and oxygen atoms in total. The van der Waals surface area contributed by atoms with E-state index < -0.39 is 5.97 Å². The maximum absolute atomic E-state index is 10.5. The zero-order valence-corrected chi connectivity index (χ0v) is 13.1. The number of ether oxygens (including phenoxy) is 2. The van der Waals surface area contributed by atoms with Gasteiger partial charge in [0.2, 0.25) is 0 Å². The molecule has 0 aromatic heterocycles. The van der Waals surface area contributed by atoms with Crippen molar-refractivity contribution < 1.29 is 24.3 Å². The second-order valence-electron chi connectivity index (χ2n) is 4.91. The number of methoxy groups -OCH3 is 1. The number of rotatable bonds is 10.